The predicted octanol–water partition coefficient (Wildman–Crippen LogP) is 3.83. The third-order valence-corrected chi connectivity index (χ3v) is 6.78. The van der Waals surface area contributed by atoms with Crippen LogP contribution in [0.25, 0.3) is 10.9 Å². The second kappa shape index (κ2) is 9.58. The number of aromatic nitrogens is 3. The lowest BCUT2D eigenvalue weighted by Crippen LogP contribution is -2.45. The fraction of sp³-hybridized carbons (Fsp3) is 0.440. The lowest BCUT2D eigenvalue weighted by molar-refractivity contribution is -0.0632. The third kappa shape index (κ3) is 4.84. The number of hydrogen-bond donors (Lipinski definition) is 1. The summed E-state index contributed by atoms with van der Waals surface area (Å²) in [6, 6.07) is 9.20. The summed E-state index contributed by atoms with van der Waals surface area (Å²) < 4.78 is 27.4. The maximum atomic E-state index is 13.7. The maximum Gasteiger partial charge on any atom is 0.252 e. The largest absolute Gasteiger partial charge is 0.357 e. The first-order valence-electron chi connectivity index (χ1n) is 11.8. The molecule has 4 heterocycles. The number of piperidine rings is 1. The first-order chi connectivity index (χ1) is 16.5. The van der Waals surface area contributed by atoms with E-state index in [2.05, 4.69) is 20.2 Å². The summed E-state index contributed by atoms with van der Waals surface area (Å²) in [5.41, 5.74) is 2.12. The molecule has 0 aliphatic carbocycles. The Balaban J connectivity index is 1.34. The summed E-state index contributed by atoms with van der Waals surface area (Å²) in [7, 11) is 0. The fourth-order valence-corrected chi connectivity index (χ4v) is 4.85. The second-order valence-electron chi connectivity index (χ2n) is 9.03. The molecule has 1 aromatic carbocycles. The Morgan fingerprint density at radius 3 is 2.50 bits per heavy atom. The molecule has 5 rings (SSSR count). The molecule has 1 atom stereocenters. The molecular weight excluding hydrogens is 438 g/mol. The van der Waals surface area contributed by atoms with E-state index in [0.717, 1.165) is 35.4 Å². The predicted molar refractivity (Wildman–Crippen MR) is 126 cm³/mol. The van der Waals surface area contributed by atoms with Crippen LogP contribution in [0, 0.1) is 0 Å². The molecule has 34 heavy (non-hydrogen) atoms. The van der Waals surface area contributed by atoms with Crippen molar-refractivity contribution < 1.29 is 13.6 Å². The lowest BCUT2D eigenvalue weighted by atomic mass is 10.0. The summed E-state index contributed by atoms with van der Waals surface area (Å²) in [4.78, 5) is 30.4. The maximum absolute atomic E-state index is 13.7. The van der Waals surface area contributed by atoms with Gasteiger partial charge in [-0.15, -0.1) is 0 Å². The number of rotatable bonds is 6. The third-order valence-electron chi connectivity index (χ3n) is 6.78. The van der Waals surface area contributed by atoms with Crippen molar-refractivity contribution >= 4 is 22.6 Å². The number of nitrogens with one attached hydrogen (secondary N) is 1. The van der Waals surface area contributed by atoms with Gasteiger partial charge in [-0.3, -0.25) is 9.69 Å². The molecule has 0 spiro atoms. The fourth-order valence-electron chi connectivity index (χ4n) is 4.85. The number of fused-ring (bicyclic) bond motifs is 1. The van der Waals surface area contributed by atoms with Crippen molar-refractivity contribution in [3.8, 4) is 0 Å². The number of anilines is 1. The van der Waals surface area contributed by atoms with E-state index in [1.807, 2.05) is 29.2 Å². The zero-order valence-corrected chi connectivity index (χ0v) is 19.0. The highest BCUT2D eigenvalue weighted by atomic mass is 19.3. The first kappa shape index (κ1) is 22.6. The zero-order valence-electron chi connectivity index (χ0n) is 19.0. The number of carbonyl (C=O) groups is 1. The molecule has 0 bridgehead atoms. The highest BCUT2D eigenvalue weighted by Gasteiger charge is 2.36. The molecule has 9 heteroatoms. The van der Waals surface area contributed by atoms with Crippen LogP contribution < -0.4 is 10.2 Å². The van der Waals surface area contributed by atoms with Gasteiger partial charge in [0.1, 0.15) is 12.1 Å². The number of alkyl halides is 2. The van der Waals surface area contributed by atoms with E-state index in [0.29, 0.717) is 5.56 Å². The van der Waals surface area contributed by atoms with Crippen molar-refractivity contribution in [2.75, 3.05) is 37.6 Å². The summed E-state index contributed by atoms with van der Waals surface area (Å²) in [6.07, 6.45) is 6.74. The minimum absolute atomic E-state index is 0.195. The molecule has 0 radical (unpaired) electrons. The first-order valence-corrected chi connectivity index (χ1v) is 11.8. The van der Waals surface area contributed by atoms with Crippen molar-refractivity contribution in [1.82, 2.24) is 25.2 Å². The van der Waals surface area contributed by atoms with Gasteiger partial charge in [0.05, 0.1) is 11.6 Å². The number of likely N-dealkylation sites (tertiary alicyclic amines) is 1. The normalized spacial score (nSPS) is 19.3. The van der Waals surface area contributed by atoms with E-state index < -0.39 is 5.92 Å². The number of amides is 1. The molecule has 1 unspecified atom stereocenters. The number of carbonyl (C=O) groups excluding carboxylic acids is 1. The zero-order chi connectivity index (χ0) is 23.5. The van der Waals surface area contributed by atoms with Crippen molar-refractivity contribution in [2.24, 2.45) is 0 Å². The molecule has 0 saturated carbocycles. The van der Waals surface area contributed by atoms with Crippen LogP contribution >= 0.6 is 0 Å². The number of hydrogen-bond acceptors (Lipinski definition) is 6. The number of nitrogens with zero attached hydrogens (tertiary/aromatic N) is 5. The van der Waals surface area contributed by atoms with E-state index in [1.54, 1.807) is 18.5 Å². The van der Waals surface area contributed by atoms with Crippen LogP contribution in [0.2, 0.25) is 0 Å². The molecular formula is C25H28F2N6O. The number of benzene rings is 1. The molecule has 7 nitrogen and oxygen atoms in total. The quantitative estimate of drug-likeness (QED) is 0.595. The molecule has 2 aromatic heterocycles. The van der Waals surface area contributed by atoms with Gasteiger partial charge in [-0.1, -0.05) is 6.07 Å². The Bertz CT molecular complexity index is 1140. The molecule has 3 aromatic rings. The highest BCUT2D eigenvalue weighted by molar-refractivity contribution is 6.06. The topological polar surface area (TPSA) is 74.2 Å². The molecule has 2 saturated heterocycles. The minimum atomic E-state index is -2.64. The number of halogens is 2. The van der Waals surface area contributed by atoms with Gasteiger partial charge in [0.15, 0.2) is 0 Å². The molecule has 178 valence electrons. The highest BCUT2D eigenvalue weighted by Crippen LogP contribution is 2.32. The Morgan fingerprint density at radius 2 is 1.76 bits per heavy atom. The minimum Gasteiger partial charge on any atom is -0.357 e. The van der Waals surface area contributed by atoms with Crippen LogP contribution in [0.3, 0.4) is 0 Å². The van der Waals surface area contributed by atoms with Crippen molar-refractivity contribution in [3.63, 3.8) is 0 Å². The summed E-state index contributed by atoms with van der Waals surface area (Å²) in [6.45, 7) is 2.78. The van der Waals surface area contributed by atoms with E-state index in [4.69, 9.17) is 4.98 Å². The smallest absolute Gasteiger partial charge is 0.252 e. The van der Waals surface area contributed by atoms with Gasteiger partial charge >= 0.3 is 0 Å². The van der Waals surface area contributed by atoms with Gasteiger partial charge in [0, 0.05) is 74.5 Å². The molecule has 1 amide bonds. The Hall–Kier alpha value is -3.20. The van der Waals surface area contributed by atoms with E-state index in [-0.39, 0.29) is 44.4 Å². The summed E-state index contributed by atoms with van der Waals surface area (Å²) in [5.74, 6) is -1.92. The average molecular weight is 467 g/mol. The number of pyridine rings is 1. The lowest BCUT2D eigenvalue weighted by Gasteiger charge is -2.37. The van der Waals surface area contributed by atoms with Crippen molar-refractivity contribution in [3.05, 3.63) is 60.2 Å². The van der Waals surface area contributed by atoms with E-state index in [9.17, 15) is 13.6 Å². The van der Waals surface area contributed by atoms with Crippen LogP contribution in [-0.4, -0.2) is 64.4 Å². The van der Waals surface area contributed by atoms with Gasteiger partial charge in [-0.25, -0.2) is 23.7 Å². The van der Waals surface area contributed by atoms with Crippen molar-refractivity contribution in [2.45, 2.75) is 37.6 Å². The second-order valence-corrected chi connectivity index (χ2v) is 9.03. The monoisotopic (exact) mass is 466 g/mol. The molecule has 1 N–H and O–H groups in total. The van der Waals surface area contributed by atoms with Gasteiger partial charge in [-0.2, -0.15) is 0 Å². The molecule has 2 aliphatic rings. The van der Waals surface area contributed by atoms with Gasteiger partial charge in [-0.05, 0) is 37.1 Å². The van der Waals surface area contributed by atoms with Crippen molar-refractivity contribution in [1.29, 1.82) is 0 Å². The van der Waals surface area contributed by atoms with Crippen LogP contribution in [0.1, 0.15) is 47.6 Å². The van der Waals surface area contributed by atoms with E-state index in [1.165, 1.54) is 19.2 Å². The van der Waals surface area contributed by atoms with Gasteiger partial charge in [0.2, 0.25) is 0 Å². The van der Waals surface area contributed by atoms with Crippen LogP contribution in [-0.2, 0) is 0 Å². The Labute approximate surface area is 197 Å². The molecule has 2 aliphatic heterocycles. The van der Waals surface area contributed by atoms with Crippen LogP contribution in [0.15, 0.2) is 49.1 Å². The average Bonchev–Trinajstić information content (AvgIpc) is 3.40. The summed E-state index contributed by atoms with van der Waals surface area (Å²) >= 11 is 0. The summed E-state index contributed by atoms with van der Waals surface area (Å²) in [5, 5.41) is 3.81. The van der Waals surface area contributed by atoms with Gasteiger partial charge in [0.25, 0.3) is 11.8 Å². The van der Waals surface area contributed by atoms with Crippen LogP contribution in [0.5, 0.6) is 0 Å². The van der Waals surface area contributed by atoms with Crippen LogP contribution in [0.4, 0.5) is 14.6 Å². The Morgan fingerprint density at radius 1 is 1.03 bits per heavy atom. The van der Waals surface area contributed by atoms with E-state index >= 15 is 0 Å². The molecule has 2 fully saturated rings. The van der Waals surface area contributed by atoms with Gasteiger partial charge < -0.3 is 10.2 Å². The Kier molecular flexibility index (Phi) is 6.36. The standard InChI is InChI=1S/C25H28F2N6O/c26-25(27)8-12-32(13-9-25)22(18-14-28-17-29-15-18)16-30-24(34)20-4-3-5-21-19(20)6-7-23(31-21)33-10-1-2-11-33/h3-7,14-15,17,22H,1-2,8-13,16H2,(H,30,34). The SMILES string of the molecule is O=C(NCC(c1cncnc1)N1CCC(F)(F)CC1)c1cccc2nc(N3CCCC3)ccc12.